The molecule has 1 aromatic rings. The van der Waals surface area contributed by atoms with Crippen molar-refractivity contribution in [3.05, 3.63) is 39.5 Å². The fourth-order valence-corrected chi connectivity index (χ4v) is 1.58. The quantitative estimate of drug-likeness (QED) is 0.652. The van der Waals surface area contributed by atoms with Gasteiger partial charge < -0.3 is 10.4 Å². The minimum Gasteiger partial charge on any atom is -0.395 e. The Morgan fingerprint density at radius 1 is 1.47 bits per heavy atom. The van der Waals surface area contributed by atoms with Crippen LogP contribution in [0.15, 0.2) is 30.3 Å². The van der Waals surface area contributed by atoms with E-state index in [9.17, 15) is 4.79 Å². The average Bonchev–Trinajstić information content (AvgIpc) is 2.25. The van der Waals surface area contributed by atoms with Crippen molar-refractivity contribution in [1.82, 2.24) is 5.32 Å². The molecular weight excluding hydrogens is 305 g/mol. The molecule has 0 saturated carbocycles. The smallest absolute Gasteiger partial charge is 0.244 e. The molecule has 0 spiro atoms. The predicted octanol–water partition coefficient (Wildman–Crippen LogP) is 1.41. The number of amides is 1. The summed E-state index contributed by atoms with van der Waals surface area (Å²) in [5.41, 5.74) is 1.01. The molecule has 3 nitrogen and oxygen atoms in total. The van der Waals surface area contributed by atoms with Crippen LogP contribution in [0.4, 0.5) is 0 Å². The molecule has 15 heavy (non-hydrogen) atoms. The molecule has 4 heteroatoms. The molecule has 1 rings (SSSR count). The van der Waals surface area contributed by atoms with Gasteiger partial charge in [0.25, 0.3) is 0 Å². The van der Waals surface area contributed by atoms with Gasteiger partial charge in [-0.15, -0.1) is 0 Å². The van der Waals surface area contributed by atoms with Crippen LogP contribution in [0, 0.1) is 3.57 Å². The lowest BCUT2D eigenvalue weighted by Crippen LogP contribution is -2.24. The molecule has 0 aliphatic heterocycles. The van der Waals surface area contributed by atoms with Gasteiger partial charge in [-0.1, -0.05) is 18.2 Å². The second-order valence-electron chi connectivity index (χ2n) is 2.87. The summed E-state index contributed by atoms with van der Waals surface area (Å²) in [6.45, 7) is 0.248. The number of benzene rings is 1. The molecule has 0 aromatic heterocycles. The maximum absolute atomic E-state index is 11.2. The largest absolute Gasteiger partial charge is 0.395 e. The van der Waals surface area contributed by atoms with Gasteiger partial charge in [0.05, 0.1) is 6.61 Å². The van der Waals surface area contributed by atoms with E-state index in [1.165, 1.54) is 6.08 Å². The maximum Gasteiger partial charge on any atom is 0.244 e. The number of halogens is 1. The third-order valence-electron chi connectivity index (χ3n) is 1.73. The summed E-state index contributed by atoms with van der Waals surface area (Å²) in [5, 5.41) is 11.0. The minimum absolute atomic E-state index is 0.0392. The first-order chi connectivity index (χ1) is 7.24. The van der Waals surface area contributed by atoms with Crippen molar-refractivity contribution in [2.24, 2.45) is 0 Å². The Morgan fingerprint density at radius 3 is 2.87 bits per heavy atom. The van der Waals surface area contributed by atoms with Crippen molar-refractivity contribution < 1.29 is 9.90 Å². The molecule has 1 amide bonds. The summed E-state index contributed by atoms with van der Waals surface area (Å²) < 4.78 is 1.10. The van der Waals surface area contributed by atoms with Gasteiger partial charge in [0.2, 0.25) is 5.91 Å². The van der Waals surface area contributed by atoms with Gasteiger partial charge in [-0.25, -0.2) is 0 Å². The van der Waals surface area contributed by atoms with Crippen LogP contribution in [0.2, 0.25) is 0 Å². The molecule has 0 saturated heterocycles. The Hall–Kier alpha value is -0.880. The van der Waals surface area contributed by atoms with E-state index < -0.39 is 0 Å². The number of nitrogens with one attached hydrogen (secondary N) is 1. The number of aliphatic hydroxyl groups excluding tert-OH is 1. The number of carbonyl (C=O) groups is 1. The molecule has 0 aliphatic carbocycles. The third-order valence-corrected chi connectivity index (χ3v) is 2.71. The van der Waals surface area contributed by atoms with Crippen molar-refractivity contribution in [2.75, 3.05) is 13.2 Å². The molecule has 0 atom stereocenters. The number of carbonyl (C=O) groups excluding carboxylic acids is 1. The third kappa shape index (κ3) is 4.44. The molecule has 0 radical (unpaired) electrons. The number of hydrogen-bond donors (Lipinski definition) is 2. The van der Waals surface area contributed by atoms with Crippen molar-refractivity contribution in [3.8, 4) is 0 Å². The number of rotatable bonds is 4. The van der Waals surface area contributed by atoms with Crippen LogP contribution in [0.25, 0.3) is 6.08 Å². The molecule has 0 aliphatic rings. The van der Waals surface area contributed by atoms with Crippen LogP contribution in [-0.2, 0) is 4.79 Å². The zero-order valence-electron chi connectivity index (χ0n) is 8.11. The summed E-state index contributed by atoms with van der Waals surface area (Å²) in [4.78, 5) is 11.2. The SMILES string of the molecule is O=C(C=Cc1ccccc1I)NCCO. The lowest BCUT2D eigenvalue weighted by molar-refractivity contribution is -0.116. The Labute approximate surface area is 102 Å². The van der Waals surface area contributed by atoms with Crippen molar-refractivity contribution in [1.29, 1.82) is 0 Å². The lowest BCUT2D eigenvalue weighted by atomic mass is 10.2. The Balaban J connectivity index is 2.58. The number of hydrogen-bond acceptors (Lipinski definition) is 2. The number of aliphatic hydroxyl groups is 1. The monoisotopic (exact) mass is 317 g/mol. The normalized spacial score (nSPS) is 10.5. The van der Waals surface area contributed by atoms with E-state index in [1.807, 2.05) is 24.3 Å². The van der Waals surface area contributed by atoms with Crippen LogP contribution in [-0.4, -0.2) is 24.2 Å². The van der Waals surface area contributed by atoms with Crippen molar-refractivity contribution >= 4 is 34.6 Å². The fourth-order valence-electron chi connectivity index (χ4n) is 1.01. The highest BCUT2D eigenvalue weighted by atomic mass is 127. The predicted molar refractivity (Wildman–Crippen MR) is 68.3 cm³/mol. The first-order valence-corrected chi connectivity index (χ1v) is 5.63. The standard InChI is InChI=1S/C11H12INO2/c12-10-4-2-1-3-9(10)5-6-11(15)13-7-8-14/h1-6,14H,7-8H2,(H,13,15). The zero-order chi connectivity index (χ0) is 11.1. The highest BCUT2D eigenvalue weighted by Crippen LogP contribution is 2.12. The molecule has 1 aromatic carbocycles. The van der Waals surface area contributed by atoms with Crippen LogP contribution in [0.3, 0.4) is 0 Å². The molecule has 0 unspecified atom stereocenters. The van der Waals surface area contributed by atoms with Crippen molar-refractivity contribution in [2.45, 2.75) is 0 Å². The summed E-state index contributed by atoms with van der Waals surface area (Å²) in [6.07, 6.45) is 3.22. The van der Waals surface area contributed by atoms with E-state index in [4.69, 9.17) is 5.11 Å². The van der Waals surface area contributed by atoms with Crippen LogP contribution in [0.1, 0.15) is 5.56 Å². The maximum atomic E-state index is 11.2. The Bertz CT molecular complexity index is 363. The first-order valence-electron chi connectivity index (χ1n) is 4.55. The topological polar surface area (TPSA) is 49.3 Å². The van der Waals surface area contributed by atoms with E-state index in [0.717, 1.165) is 9.13 Å². The molecular formula is C11H12INO2. The fraction of sp³-hybridized carbons (Fsp3) is 0.182. The lowest BCUT2D eigenvalue weighted by Gasteiger charge is -1.98. The molecule has 80 valence electrons. The van der Waals surface area contributed by atoms with E-state index in [-0.39, 0.29) is 19.1 Å². The van der Waals surface area contributed by atoms with Gasteiger partial charge in [-0.2, -0.15) is 0 Å². The Kier molecular flexibility index (Phi) is 5.34. The van der Waals surface area contributed by atoms with Gasteiger partial charge in [-0.3, -0.25) is 4.79 Å². The summed E-state index contributed by atoms with van der Waals surface area (Å²) in [5.74, 6) is -0.191. The summed E-state index contributed by atoms with van der Waals surface area (Å²) in [6, 6.07) is 7.79. The van der Waals surface area contributed by atoms with Gasteiger partial charge >= 0.3 is 0 Å². The van der Waals surface area contributed by atoms with Gasteiger partial charge in [0.15, 0.2) is 0 Å². The van der Waals surface area contributed by atoms with Crippen molar-refractivity contribution in [3.63, 3.8) is 0 Å². The van der Waals surface area contributed by atoms with Crippen LogP contribution >= 0.6 is 22.6 Å². The zero-order valence-corrected chi connectivity index (χ0v) is 10.3. The first kappa shape index (κ1) is 12.2. The van der Waals surface area contributed by atoms with E-state index in [2.05, 4.69) is 27.9 Å². The van der Waals surface area contributed by atoms with Crippen LogP contribution in [0.5, 0.6) is 0 Å². The van der Waals surface area contributed by atoms with Gasteiger partial charge in [-0.05, 0) is 40.3 Å². The second kappa shape index (κ2) is 6.58. The highest BCUT2D eigenvalue weighted by Gasteiger charge is 1.95. The van der Waals surface area contributed by atoms with Gasteiger partial charge in [0, 0.05) is 16.2 Å². The molecule has 0 bridgehead atoms. The second-order valence-corrected chi connectivity index (χ2v) is 4.03. The highest BCUT2D eigenvalue weighted by molar-refractivity contribution is 14.1. The summed E-state index contributed by atoms with van der Waals surface area (Å²) >= 11 is 2.21. The van der Waals surface area contributed by atoms with E-state index in [0.29, 0.717) is 0 Å². The van der Waals surface area contributed by atoms with Gasteiger partial charge in [0.1, 0.15) is 0 Å². The van der Waals surface area contributed by atoms with E-state index in [1.54, 1.807) is 6.08 Å². The minimum atomic E-state index is -0.191. The summed E-state index contributed by atoms with van der Waals surface area (Å²) in [7, 11) is 0. The molecule has 2 N–H and O–H groups in total. The van der Waals surface area contributed by atoms with E-state index >= 15 is 0 Å². The molecule has 0 fully saturated rings. The average molecular weight is 317 g/mol. The Morgan fingerprint density at radius 2 is 2.20 bits per heavy atom. The molecule has 0 heterocycles. The van der Waals surface area contributed by atoms with Crippen LogP contribution < -0.4 is 5.32 Å².